The molecule has 2 aromatic heterocycles. The molecule has 3 aromatic rings. The Hall–Kier alpha value is -3.35. The number of piperazine rings is 1. The zero-order chi connectivity index (χ0) is 22.0. The van der Waals surface area contributed by atoms with Gasteiger partial charge in [-0.25, -0.2) is 14.8 Å². The molecule has 31 heavy (non-hydrogen) atoms. The van der Waals surface area contributed by atoms with Crippen molar-refractivity contribution in [3.8, 4) is 5.82 Å². The number of carbonyl (C=O) groups excluding carboxylic acids is 1. The van der Waals surface area contributed by atoms with Gasteiger partial charge in [-0.3, -0.25) is 0 Å². The highest BCUT2D eigenvalue weighted by Crippen LogP contribution is 2.24. The summed E-state index contributed by atoms with van der Waals surface area (Å²) in [5.74, 6) is 2.49. The minimum Gasteiger partial charge on any atom is -0.353 e. The van der Waals surface area contributed by atoms with Gasteiger partial charge in [0.25, 0.3) is 0 Å². The average Bonchev–Trinajstić information content (AvgIpc) is 3.28. The Morgan fingerprint density at radius 1 is 0.935 bits per heavy atom. The molecule has 1 N–H and O–H groups in total. The third kappa shape index (κ3) is 4.87. The van der Waals surface area contributed by atoms with E-state index in [1.807, 2.05) is 59.1 Å². The molecule has 0 aliphatic carbocycles. The lowest BCUT2D eigenvalue weighted by molar-refractivity contribution is 0.208. The van der Waals surface area contributed by atoms with E-state index < -0.39 is 0 Å². The fraction of sp³-hybridized carbons (Fsp3) is 0.375. The molecule has 1 saturated heterocycles. The molecule has 7 nitrogen and oxygen atoms in total. The van der Waals surface area contributed by atoms with Crippen LogP contribution in [0.4, 0.5) is 16.3 Å². The van der Waals surface area contributed by atoms with E-state index in [2.05, 4.69) is 53.1 Å². The third-order valence-corrected chi connectivity index (χ3v) is 5.57. The van der Waals surface area contributed by atoms with Crippen molar-refractivity contribution in [2.45, 2.75) is 33.1 Å². The second-order valence-corrected chi connectivity index (χ2v) is 8.95. The van der Waals surface area contributed by atoms with E-state index in [0.29, 0.717) is 13.1 Å². The first-order valence-corrected chi connectivity index (χ1v) is 10.7. The van der Waals surface area contributed by atoms with Crippen LogP contribution >= 0.6 is 0 Å². The van der Waals surface area contributed by atoms with Gasteiger partial charge in [-0.1, -0.05) is 32.9 Å². The van der Waals surface area contributed by atoms with E-state index in [0.717, 1.165) is 36.2 Å². The predicted molar refractivity (Wildman–Crippen MR) is 124 cm³/mol. The Labute approximate surface area is 183 Å². The number of urea groups is 1. The number of amides is 2. The lowest BCUT2D eigenvalue weighted by Gasteiger charge is -2.35. The van der Waals surface area contributed by atoms with Gasteiger partial charge in [0.05, 0.1) is 0 Å². The molecule has 1 aliphatic rings. The van der Waals surface area contributed by atoms with Crippen LogP contribution in [0.15, 0.2) is 54.9 Å². The molecule has 1 aromatic carbocycles. The van der Waals surface area contributed by atoms with Gasteiger partial charge in [-0.2, -0.15) is 0 Å². The van der Waals surface area contributed by atoms with Crippen LogP contribution in [0.5, 0.6) is 0 Å². The minimum absolute atomic E-state index is 0.0601. The van der Waals surface area contributed by atoms with Crippen LogP contribution in [0.3, 0.4) is 0 Å². The van der Waals surface area contributed by atoms with E-state index in [1.54, 1.807) is 0 Å². The van der Waals surface area contributed by atoms with Crippen molar-refractivity contribution >= 4 is 17.5 Å². The summed E-state index contributed by atoms with van der Waals surface area (Å²) in [6.45, 7) is 11.2. The number of rotatable bonds is 3. The largest absolute Gasteiger partial charge is 0.353 e. The quantitative estimate of drug-likeness (QED) is 0.691. The molecule has 0 bridgehead atoms. The van der Waals surface area contributed by atoms with Crippen molar-refractivity contribution < 1.29 is 4.79 Å². The number of hydrogen-bond acceptors (Lipinski definition) is 4. The van der Waals surface area contributed by atoms with Gasteiger partial charge in [0, 0.05) is 50.3 Å². The van der Waals surface area contributed by atoms with Crippen LogP contribution in [0.25, 0.3) is 5.82 Å². The first-order chi connectivity index (χ1) is 14.8. The van der Waals surface area contributed by atoms with Gasteiger partial charge in [0.2, 0.25) is 0 Å². The summed E-state index contributed by atoms with van der Waals surface area (Å²) in [5.41, 5.74) is 2.17. The second kappa shape index (κ2) is 8.41. The fourth-order valence-corrected chi connectivity index (χ4v) is 3.71. The monoisotopic (exact) mass is 418 g/mol. The summed E-state index contributed by atoms with van der Waals surface area (Å²) in [6, 6.07) is 14.0. The second-order valence-electron chi connectivity index (χ2n) is 8.95. The third-order valence-electron chi connectivity index (χ3n) is 5.57. The highest BCUT2D eigenvalue weighted by Gasteiger charge is 2.23. The van der Waals surface area contributed by atoms with Crippen molar-refractivity contribution in [1.29, 1.82) is 0 Å². The molecule has 0 radical (unpaired) electrons. The number of hydrogen-bond donors (Lipinski definition) is 1. The highest BCUT2D eigenvalue weighted by atomic mass is 16.2. The number of aromatic nitrogens is 3. The Morgan fingerprint density at radius 3 is 2.16 bits per heavy atom. The molecule has 0 unspecified atom stereocenters. The Kier molecular flexibility index (Phi) is 5.67. The molecule has 1 fully saturated rings. The summed E-state index contributed by atoms with van der Waals surface area (Å²) in [5, 5.41) is 3.02. The Morgan fingerprint density at radius 2 is 1.55 bits per heavy atom. The lowest BCUT2D eigenvalue weighted by atomic mass is 9.87. The zero-order valence-electron chi connectivity index (χ0n) is 18.7. The minimum atomic E-state index is -0.0601. The van der Waals surface area contributed by atoms with E-state index in [-0.39, 0.29) is 11.4 Å². The van der Waals surface area contributed by atoms with Gasteiger partial charge in [-0.15, -0.1) is 0 Å². The fourth-order valence-electron chi connectivity index (χ4n) is 3.71. The number of nitrogens with zero attached hydrogens (tertiary/aromatic N) is 5. The molecular formula is C24H30N6O. The highest BCUT2D eigenvalue weighted by molar-refractivity contribution is 5.89. The molecule has 0 atom stereocenters. The maximum Gasteiger partial charge on any atom is 0.321 e. The molecule has 2 amide bonds. The van der Waals surface area contributed by atoms with Gasteiger partial charge >= 0.3 is 6.03 Å². The van der Waals surface area contributed by atoms with Crippen molar-refractivity contribution in [1.82, 2.24) is 19.4 Å². The summed E-state index contributed by atoms with van der Waals surface area (Å²) < 4.78 is 1.98. The molecule has 0 spiro atoms. The molecule has 1 aliphatic heterocycles. The first kappa shape index (κ1) is 20.9. The molecular weight excluding hydrogens is 388 g/mol. The molecule has 4 rings (SSSR count). The van der Waals surface area contributed by atoms with Crippen LogP contribution in [-0.4, -0.2) is 51.6 Å². The van der Waals surface area contributed by atoms with E-state index in [1.165, 1.54) is 5.56 Å². The topological polar surface area (TPSA) is 66.3 Å². The normalized spacial score (nSPS) is 14.6. The van der Waals surface area contributed by atoms with Crippen LogP contribution in [0, 0.1) is 6.92 Å². The number of benzene rings is 1. The number of anilines is 2. The Bertz CT molecular complexity index is 1030. The summed E-state index contributed by atoms with van der Waals surface area (Å²) in [6.07, 6.45) is 3.95. The maximum atomic E-state index is 12.7. The van der Waals surface area contributed by atoms with Crippen LogP contribution in [-0.2, 0) is 5.41 Å². The molecule has 7 heteroatoms. The standard InChI is InChI=1S/C24H30N6O/c1-18-25-21(28-11-5-6-12-28)17-22(26-18)29-13-15-30(16-14-29)23(31)27-20-9-7-19(8-10-20)24(2,3)4/h5-12,17H,13-16H2,1-4H3,(H,27,31). The van der Waals surface area contributed by atoms with Crippen molar-refractivity contribution in [3.05, 3.63) is 66.2 Å². The number of aryl methyl sites for hydroxylation is 1. The van der Waals surface area contributed by atoms with Gasteiger partial charge in [-0.05, 0) is 42.2 Å². The zero-order valence-corrected chi connectivity index (χ0v) is 18.7. The van der Waals surface area contributed by atoms with Crippen LogP contribution in [0.1, 0.15) is 32.2 Å². The average molecular weight is 419 g/mol. The van der Waals surface area contributed by atoms with E-state index >= 15 is 0 Å². The molecule has 3 heterocycles. The van der Waals surface area contributed by atoms with Crippen LogP contribution < -0.4 is 10.2 Å². The predicted octanol–water partition coefficient (Wildman–Crippen LogP) is 4.23. The van der Waals surface area contributed by atoms with Crippen LogP contribution in [0.2, 0.25) is 0 Å². The smallest absolute Gasteiger partial charge is 0.321 e. The first-order valence-electron chi connectivity index (χ1n) is 10.7. The van der Waals surface area contributed by atoms with Crippen molar-refractivity contribution in [2.24, 2.45) is 0 Å². The van der Waals surface area contributed by atoms with Crippen molar-refractivity contribution in [3.63, 3.8) is 0 Å². The molecule has 162 valence electrons. The van der Waals surface area contributed by atoms with Gasteiger partial charge < -0.3 is 19.7 Å². The molecule has 0 saturated carbocycles. The van der Waals surface area contributed by atoms with E-state index in [9.17, 15) is 4.79 Å². The summed E-state index contributed by atoms with van der Waals surface area (Å²) in [4.78, 5) is 25.9. The maximum absolute atomic E-state index is 12.7. The van der Waals surface area contributed by atoms with E-state index in [4.69, 9.17) is 0 Å². The van der Waals surface area contributed by atoms with Gasteiger partial charge in [0.1, 0.15) is 17.5 Å². The Balaban J connectivity index is 1.37. The summed E-state index contributed by atoms with van der Waals surface area (Å²) >= 11 is 0. The summed E-state index contributed by atoms with van der Waals surface area (Å²) in [7, 11) is 0. The van der Waals surface area contributed by atoms with Crippen molar-refractivity contribution in [2.75, 3.05) is 36.4 Å². The number of nitrogens with one attached hydrogen (secondary N) is 1. The lowest BCUT2D eigenvalue weighted by Crippen LogP contribution is -2.50. The SMILES string of the molecule is Cc1nc(N2CCN(C(=O)Nc3ccc(C(C)(C)C)cc3)CC2)cc(-n2cccc2)n1. The number of carbonyl (C=O) groups is 1. The van der Waals surface area contributed by atoms with Gasteiger partial charge in [0.15, 0.2) is 0 Å².